The van der Waals surface area contributed by atoms with Crippen molar-refractivity contribution in [1.82, 2.24) is 19.6 Å². The summed E-state index contributed by atoms with van der Waals surface area (Å²) < 4.78 is 15.3. The fourth-order valence-corrected chi connectivity index (χ4v) is 3.18. The van der Waals surface area contributed by atoms with Crippen LogP contribution in [-0.2, 0) is 0 Å². The van der Waals surface area contributed by atoms with E-state index in [4.69, 9.17) is 0 Å². The molecule has 1 aromatic carbocycles. The maximum absolute atomic E-state index is 13.9. The summed E-state index contributed by atoms with van der Waals surface area (Å²) in [5, 5.41) is 4.28. The predicted molar refractivity (Wildman–Crippen MR) is 90.7 cm³/mol. The molecule has 2 heterocycles. The van der Waals surface area contributed by atoms with E-state index in [-0.39, 0.29) is 11.7 Å². The van der Waals surface area contributed by atoms with Crippen molar-refractivity contribution in [3.8, 4) is 5.69 Å². The molecule has 0 saturated carbocycles. The lowest BCUT2D eigenvalue weighted by atomic mass is 10.00. The highest BCUT2D eigenvalue weighted by Gasteiger charge is 2.30. The first-order chi connectivity index (χ1) is 11.5. The van der Waals surface area contributed by atoms with Crippen molar-refractivity contribution in [2.75, 3.05) is 26.7 Å². The van der Waals surface area contributed by atoms with E-state index < -0.39 is 0 Å². The highest BCUT2D eigenvalue weighted by atomic mass is 19.1. The van der Waals surface area contributed by atoms with E-state index >= 15 is 0 Å². The van der Waals surface area contributed by atoms with Gasteiger partial charge in [0.05, 0.1) is 0 Å². The Labute approximate surface area is 141 Å². The van der Waals surface area contributed by atoms with Gasteiger partial charge in [-0.05, 0) is 31.2 Å². The average molecular weight is 330 g/mol. The second-order valence-electron chi connectivity index (χ2n) is 6.64. The summed E-state index contributed by atoms with van der Waals surface area (Å²) in [6.45, 7) is 6.57. The number of nitrogens with zero attached hydrogens (tertiary/aromatic N) is 4. The molecule has 0 bridgehead atoms. The Morgan fingerprint density at radius 3 is 2.71 bits per heavy atom. The van der Waals surface area contributed by atoms with Crippen molar-refractivity contribution in [2.24, 2.45) is 5.92 Å². The number of rotatable bonds is 3. The van der Waals surface area contributed by atoms with Crippen LogP contribution in [0.15, 0.2) is 36.5 Å². The van der Waals surface area contributed by atoms with Gasteiger partial charge in [0.1, 0.15) is 11.5 Å². The quantitative estimate of drug-likeness (QED) is 0.868. The molecular weight excluding hydrogens is 307 g/mol. The van der Waals surface area contributed by atoms with Crippen LogP contribution in [0.3, 0.4) is 0 Å². The first-order valence-electron chi connectivity index (χ1n) is 8.27. The van der Waals surface area contributed by atoms with Crippen LogP contribution in [0.5, 0.6) is 0 Å². The molecule has 0 spiro atoms. The van der Waals surface area contributed by atoms with Gasteiger partial charge in [-0.1, -0.05) is 26.0 Å². The Bertz CT molecular complexity index is 727. The van der Waals surface area contributed by atoms with Crippen molar-refractivity contribution in [1.29, 1.82) is 0 Å². The van der Waals surface area contributed by atoms with Crippen LogP contribution in [0.4, 0.5) is 4.39 Å². The second kappa shape index (κ2) is 6.73. The van der Waals surface area contributed by atoms with Gasteiger partial charge in [-0.25, -0.2) is 9.07 Å². The fraction of sp³-hybridized carbons (Fsp3) is 0.444. The zero-order valence-electron chi connectivity index (χ0n) is 14.3. The minimum absolute atomic E-state index is 0.0937. The van der Waals surface area contributed by atoms with E-state index in [1.165, 1.54) is 10.7 Å². The van der Waals surface area contributed by atoms with Crippen molar-refractivity contribution in [2.45, 2.75) is 19.9 Å². The Kier molecular flexibility index (Phi) is 4.66. The van der Waals surface area contributed by atoms with Gasteiger partial charge in [0, 0.05) is 31.9 Å². The first kappa shape index (κ1) is 16.6. The molecule has 1 saturated heterocycles. The zero-order valence-corrected chi connectivity index (χ0v) is 14.3. The summed E-state index contributed by atoms with van der Waals surface area (Å²) in [5.74, 6) is 0.0180. The standard InChI is InChI=1S/C18H23FN4O/c1-13(2)17-12-22(11-10-21(17)3)18(24)15-8-9-23(20-15)16-7-5-4-6-14(16)19/h4-9,13,17H,10-12H2,1-3H3/t17-/m0/s1. The Hall–Kier alpha value is -2.21. The third kappa shape index (κ3) is 3.19. The molecule has 0 radical (unpaired) electrons. The van der Waals surface area contributed by atoms with Crippen LogP contribution in [0.25, 0.3) is 5.69 Å². The lowest BCUT2D eigenvalue weighted by molar-refractivity contribution is 0.0459. The molecule has 128 valence electrons. The van der Waals surface area contributed by atoms with Gasteiger partial charge in [-0.3, -0.25) is 9.69 Å². The summed E-state index contributed by atoms with van der Waals surface area (Å²) in [6.07, 6.45) is 1.63. The normalized spacial score (nSPS) is 19.0. The molecular formula is C18H23FN4O. The van der Waals surface area contributed by atoms with Crippen LogP contribution in [0.1, 0.15) is 24.3 Å². The number of piperazine rings is 1. The molecule has 1 aliphatic rings. The summed E-state index contributed by atoms with van der Waals surface area (Å²) in [5.41, 5.74) is 0.695. The van der Waals surface area contributed by atoms with Gasteiger partial charge in [0.2, 0.25) is 0 Å². The van der Waals surface area contributed by atoms with Crippen LogP contribution in [-0.4, -0.2) is 58.2 Å². The molecule has 0 N–H and O–H groups in total. The third-order valence-electron chi connectivity index (χ3n) is 4.66. The summed E-state index contributed by atoms with van der Waals surface area (Å²) in [4.78, 5) is 16.9. The van der Waals surface area contributed by atoms with Crippen molar-refractivity contribution < 1.29 is 9.18 Å². The van der Waals surface area contributed by atoms with E-state index in [1.807, 2.05) is 4.90 Å². The number of para-hydroxylation sites is 1. The van der Waals surface area contributed by atoms with Gasteiger partial charge >= 0.3 is 0 Å². The predicted octanol–water partition coefficient (Wildman–Crippen LogP) is 2.42. The first-order valence-corrected chi connectivity index (χ1v) is 8.27. The molecule has 24 heavy (non-hydrogen) atoms. The topological polar surface area (TPSA) is 41.4 Å². The monoisotopic (exact) mass is 330 g/mol. The number of hydrogen-bond acceptors (Lipinski definition) is 3. The van der Waals surface area contributed by atoms with E-state index in [0.717, 1.165) is 6.54 Å². The van der Waals surface area contributed by atoms with Crippen LogP contribution >= 0.6 is 0 Å². The van der Waals surface area contributed by atoms with Crippen LogP contribution in [0.2, 0.25) is 0 Å². The van der Waals surface area contributed by atoms with E-state index in [0.29, 0.717) is 36.4 Å². The number of likely N-dealkylation sites (N-methyl/N-ethyl adjacent to an activating group) is 1. The molecule has 1 atom stereocenters. The second-order valence-corrected chi connectivity index (χ2v) is 6.64. The van der Waals surface area contributed by atoms with Gasteiger partial charge in [-0.2, -0.15) is 5.10 Å². The molecule has 1 fully saturated rings. The highest BCUT2D eigenvalue weighted by Crippen LogP contribution is 2.18. The summed E-state index contributed by atoms with van der Waals surface area (Å²) in [6, 6.07) is 8.39. The van der Waals surface area contributed by atoms with Crippen molar-refractivity contribution in [3.05, 3.63) is 48.0 Å². The summed E-state index contributed by atoms with van der Waals surface area (Å²) >= 11 is 0. The minimum atomic E-state index is -0.362. The van der Waals surface area contributed by atoms with E-state index in [9.17, 15) is 9.18 Å². The van der Waals surface area contributed by atoms with E-state index in [2.05, 4.69) is 30.9 Å². The number of hydrogen-bond donors (Lipinski definition) is 0. The minimum Gasteiger partial charge on any atom is -0.334 e. The van der Waals surface area contributed by atoms with Crippen LogP contribution in [0, 0.1) is 11.7 Å². The number of carbonyl (C=O) groups excluding carboxylic acids is 1. The molecule has 3 rings (SSSR count). The number of amides is 1. The van der Waals surface area contributed by atoms with Crippen molar-refractivity contribution in [3.63, 3.8) is 0 Å². The van der Waals surface area contributed by atoms with E-state index in [1.54, 1.807) is 30.5 Å². The number of aromatic nitrogens is 2. The molecule has 1 amide bonds. The van der Waals surface area contributed by atoms with Crippen LogP contribution < -0.4 is 0 Å². The maximum Gasteiger partial charge on any atom is 0.274 e. The lowest BCUT2D eigenvalue weighted by Gasteiger charge is -2.41. The molecule has 6 heteroatoms. The van der Waals surface area contributed by atoms with Crippen molar-refractivity contribution >= 4 is 5.91 Å². The highest BCUT2D eigenvalue weighted by molar-refractivity contribution is 5.92. The Morgan fingerprint density at radius 1 is 1.25 bits per heavy atom. The SMILES string of the molecule is CC(C)[C@@H]1CN(C(=O)c2ccn(-c3ccccc3F)n2)CCN1C. The van der Waals surface area contributed by atoms with Gasteiger partial charge in [-0.15, -0.1) is 0 Å². The Morgan fingerprint density at radius 2 is 2.00 bits per heavy atom. The fourth-order valence-electron chi connectivity index (χ4n) is 3.18. The maximum atomic E-state index is 13.9. The molecule has 2 aromatic rings. The number of benzene rings is 1. The van der Waals surface area contributed by atoms with Gasteiger partial charge in [0.25, 0.3) is 5.91 Å². The third-order valence-corrected chi connectivity index (χ3v) is 4.66. The molecule has 1 aliphatic heterocycles. The Balaban J connectivity index is 1.78. The number of halogens is 1. The zero-order chi connectivity index (χ0) is 17.3. The smallest absolute Gasteiger partial charge is 0.274 e. The largest absolute Gasteiger partial charge is 0.334 e. The molecule has 1 aromatic heterocycles. The van der Waals surface area contributed by atoms with Gasteiger partial charge < -0.3 is 4.90 Å². The lowest BCUT2D eigenvalue weighted by Crippen LogP contribution is -2.55. The van der Waals surface area contributed by atoms with Gasteiger partial charge in [0.15, 0.2) is 5.69 Å². The number of carbonyl (C=O) groups is 1. The molecule has 0 unspecified atom stereocenters. The summed E-state index contributed by atoms with van der Waals surface area (Å²) in [7, 11) is 2.10. The average Bonchev–Trinajstić information content (AvgIpc) is 3.04. The molecule has 5 nitrogen and oxygen atoms in total. The molecule has 0 aliphatic carbocycles.